The molecule has 0 aliphatic rings. The Morgan fingerprint density at radius 1 is 0.354 bits per heavy atom. The van der Waals surface area contributed by atoms with E-state index >= 15 is 8.78 Å². The van der Waals surface area contributed by atoms with Gasteiger partial charge in [-0.2, -0.15) is 92.2 Å². The molecule has 0 spiro atoms. The SMILES string of the molecule is COc1ccc(P(c2ccc(OC)cc2)C(F)(F)C(F)(F)C(F)(F)C(F)(F)C(F)(F)C(F)(F)C(F)(F)C(F)(F)C(F)(F)C(F)(F)F)cc1. The maximum Gasteiger partial charge on any atom is 0.460 e. The molecule has 0 bridgehead atoms. The number of hydrogen-bond donors (Lipinski definition) is 0. The summed E-state index contributed by atoms with van der Waals surface area (Å²) in [5.41, 5.74) is -6.83. The monoisotopic (exact) mass is 764 g/mol. The van der Waals surface area contributed by atoms with Crippen molar-refractivity contribution in [2.75, 3.05) is 14.2 Å². The summed E-state index contributed by atoms with van der Waals surface area (Å²) in [7, 11) is -2.67. The van der Waals surface area contributed by atoms with Gasteiger partial charge in [-0.1, -0.05) is 24.3 Å². The number of alkyl halides is 21. The third-order valence-corrected chi connectivity index (χ3v) is 8.91. The van der Waals surface area contributed by atoms with E-state index in [2.05, 4.69) is 9.47 Å². The van der Waals surface area contributed by atoms with Gasteiger partial charge in [-0.3, -0.25) is 0 Å². The Bertz CT molecular complexity index is 1370. The first-order valence-corrected chi connectivity index (χ1v) is 13.1. The smallest absolute Gasteiger partial charge is 0.460 e. The molecular weight excluding hydrogens is 750 g/mol. The van der Waals surface area contributed by atoms with Crippen LogP contribution in [0.4, 0.5) is 92.2 Å². The van der Waals surface area contributed by atoms with Crippen molar-refractivity contribution in [2.24, 2.45) is 0 Å². The van der Waals surface area contributed by atoms with Crippen LogP contribution in [-0.2, 0) is 0 Å². The second kappa shape index (κ2) is 12.1. The Labute approximate surface area is 254 Å². The highest BCUT2D eigenvalue weighted by atomic mass is 31.1. The van der Waals surface area contributed by atoms with E-state index in [1.807, 2.05) is 0 Å². The Morgan fingerprint density at radius 2 is 0.583 bits per heavy atom. The summed E-state index contributed by atoms with van der Waals surface area (Å²) in [5.74, 6) is -71.3. The summed E-state index contributed by atoms with van der Waals surface area (Å²) in [6.07, 6.45) is -8.03. The first-order chi connectivity index (χ1) is 21.2. The van der Waals surface area contributed by atoms with Gasteiger partial charge in [0.15, 0.2) is 0 Å². The number of halogens is 21. The normalized spacial score (nSPS) is 15.2. The zero-order chi connectivity index (χ0) is 38.0. The van der Waals surface area contributed by atoms with E-state index in [0.717, 1.165) is 14.2 Å². The zero-order valence-corrected chi connectivity index (χ0v) is 23.7. The van der Waals surface area contributed by atoms with Gasteiger partial charge in [-0.15, -0.1) is 0 Å². The molecule has 24 heteroatoms. The topological polar surface area (TPSA) is 18.5 Å². The third-order valence-electron chi connectivity index (χ3n) is 6.44. The van der Waals surface area contributed by atoms with E-state index in [1.165, 1.54) is 0 Å². The molecule has 2 aromatic rings. The van der Waals surface area contributed by atoms with Crippen LogP contribution >= 0.6 is 7.92 Å². The van der Waals surface area contributed by atoms with E-state index in [-0.39, 0.29) is 11.5 Å². The highest BCUT2D eigenvalue weighted by molar-refractivity contribution is 7.74. The second-order valence-electron chi connectivity index (χ2n) is 9.37. The van der Waals surface area contributed by atoms with Crippen molar-refractivity contribution >= 4 is 18.5 Å². The van der Waals surface area contributed by atoms with E-state index < -0.39 is 77.8 Å². The summed E-state index contributed by atoms with van der Waals surface area (Å²) in [4.78, 5) is 0. The molecule has 0 saturated heterocycles. The Balaban J connectivity index is 2.83. The maximum absolute atomic E-state index is 15.5. The van der Waals surface area contributed by atoms with Crippen LogP contribution in [0, 0.1) is 0 Å². The van der Waals surface area contributed by atoms with Gasteiger partial charge in [-0.25, -0.2) is 0 Å². The van der Waals surface area contributed by atoms with Gasteiger partial charge in [0.05, 0.1) is 14.2 Å². The highest BCUT2D eigenvalue weighted by Gasteiger charge is 2.98. The van der Waals surface area contributed by atoms with Gasteiger partial charge >= 0.3 is 59.2 Å². The summed E-state index contributed by atoms with van der Waals surface area (Å²) in [5, 5.41) is -2.37. The molecule has 2 nitrogen and oxygen atoms in total. The lowest BCUT2D eigenvalue weighted by molar-refractivity contribution is -0.472. The van der Waals surface area contributed by atoms with Crippen LogP contribution in [-0.4, -0.2) is 73.4 Å². The summed E-state index contributed by atoms with van der Waals surface area (Å²) < 4.78 is 302. The number of methoxy groups -OCH3 is 2. The molecule has 0 amide bonds. The van der Waals surface area contributed by atoms with Crippen LogP contribution in [0.15, 0.2) is 48.5 Å². The van der Waals surface area contributed by atoms with Crippen molar-refractivity contribution in [1.29, 1.82) is 0 Å². The predicted octanol–water partition coefficient (Wildman–Crippen LogP) is 9.37. The molecule has 0 radical (unpaired) electrons. The highest BCUT2D eigenvalue weighted by Crippen LogP contribution is 2.69. The minimum absolute atomic E-state index is 0.244. The van der Waals surface area contributed by atoms with Crippen molar-refractivity contribution < 1.29 is 102 Å². The lowest BCUT2D eigenvalue weighted by Gasteiger charge is -2.45. The molecule has 2 aromatic carbocycles. The van der Waals surface area contributed by atoms with E-state index in [9.17, 15) is 83.4 Å². The predicted molar refractivity (Wildman–Crippen MR) is 123 cm³/mol. The Kier molecular flexibility index (Phi) is 10.4. The van der Waals surface area contributed by atoms with Crippen LogP contribution in [0.2, 0.25) is 0 Å². The van der Waals surface area contributed by atoms with Gasteiger partial charge in [0.1, 0.15) is 11.5 Å². The van der Waals surface area contributed by atoms with Gasteiger partial charge in [0.2, 0.25) is 0 Å². The number of benzene rings is 2. The average Bonchev–Trinajstić information content (AvgIpc) is 2.96. The number of ether oxygens (including phenoxy) is 2. The van der Waals surface area contributed by atoms with E-state index in [1.54, 1.807) is 0 Å². The molecule has 0 fully saturated rings. The first-order valence-electron chi connectivity index (χ1n) is 11.8. The molecule has 0 heterocycles. The molecule has 2 rings (SSSR count). The van der Waals surface area contributed by atoms with E-state index in [0.29, 0.717) is 48.5 Å². The standard InChI is InChI=1S/C24H14F21O2P/c1-46-11-3-7-13(8-4-11)48(14-9-5-12(47-2)6-10-14)24(44,45)22(39,40)20(35,36)18(31,32)16(27,28)15(25,26)17(29,30)19(33,34)21(37,38)23(41,42)43/h3-10H,1-2H3. The maximum atomic E-state index is 15.5. The van der Waals surface area contributed by atoms with Crippen molar-refractivity contribution in [3.05, 3.63) is 48.5 Å². The molecule has 0 aromatic heterocycles. The third kappa shape index (κ3) is 5.64. The van der Waals surface area contributed by atoms with Crippen LogP contribution < -0.4 is 20.1 Å². The van der Waals surface area contributed by atoms with Gasteiger partial charge < -0.3 is 9.47 Å². The summed E-state index contributed by atoms with van der Waals surface area (Å²) in [6.45, 7) is 0. The first kappa shape index (κ1) is 41.2. The molecule has 0 aliphatic carbocycles. The quantitative estimate of drug-likeness (QED) is 0.150. The van der Waals surface area contributed by atoms with Crippen LogP contribution in [0.5, 0.6) is 11.5 Å². The molecule has 48 heavy (non-hydrogen) atoms. The zero-order valence-electron chi connectivity index (χ0n) is 22.8. The molecule has 0 atom stereocenters. The average molecular weight is 764 g/mol. The number of hydrogen-bond acceptors (Lipinski definition) is 2. The largest absolute Gasteiger partial charge is 0.497 e. The van der Waals surface area contributed by atoms with E-state index in [4.69, 9.17) is 0 Å². The van der Waals surface area contributed by atoms with Crippen LogP contribution in [0.3, 0.4) is 0 Å². The Morgan fingerprint density at radius 3 is 0.812 bits per heavy atom. The summed E-state index contributed by atoms with van der Waals surface area (Å²) >= 11 is 0. The fourth-order valence-electron chi connectivity index (χ4n) is 3.63. The lowest BCUT2D eigenvalue weighted by atomic mass is 9.87. The van der Waals surface area contributed by atoms with Crippen molar-refractivity contribution in [1.82, 2.24) is 0 Å². The van der Waals surface area contributed by atoms with Gasteiger partial charge in [0, 0.05) is 7.92 Å². The lowest BCUT2D eigenvalue weighted by Crippen LogP contribution is -2.76. The molecule has 0 saturated carbocycles. The Hall–Kier alpha value is -3.00. The fourth-order valence-corrected chi connectivity index (χ4v) is 5.89. The van der Waals surface area contributed by atoms with Gasteiger partial charge in [0.25, 0.3) is 0 Å². The van der Waals surface area contributed by atoms with Crippen molar-refractivity contribution in [3.8, 4) is 11.5 Å². The van der Waals surface area contributed by atoms with Crippen molar-refractivity contribution in [3.63, 3.8) is 0 Å². The molecular formula is C24H14F21O2P. The van der Waals surface area contributed by atoms with Crippen LogP contribution in [0.1, 0.15) is 0 Å². The van der Waals surface area contributed by atoms with Crippen molar-refractivity contribution in [2.45, 2.75) is 59.2 Å². The van der Waals surface area contributed by atoms with Gasteiger partial charge in [-0.05, 0) is 34.9 Å². The molecule has 0 unspecified atom stereocenters. The molecule has 0 N–H and O–H groups in total. The molecule has 274 valence electrons. The molecule has 0 aliphatic heterocycles. The van der Waals surface area contributed by atoms with Crippen LogP contribution in [0.25, 0.3) is 0 Å². The minimum Gasteiger partial charge on any atom is -0.497 e. The number of rotatable bonds is 13. The summed E-state index contributed by atoms with van der Waals surface area (Å²) in [6, 6.07) is 4.52. The second-order valence-corrected chi connectivity index (χ2v) is 11.6. The minimum atomic E-state index is -9.23. The fraction of sp³-hybridized carbons (Fsp3) is 0.500.